The van der Waals surface area contributed by atoms with Gasteiger partial charge in [-0.05, 0) is 49.4 Å². The molecule has 0 aromatic heterocycles. The van der Waals surface area contributed by atoms with Crippen molar-refractivity contribution in [2.45, 2.75) is 44.8 Å². The lowest BCUT2D eigenvalue weighted by molar-refractivity contribution is 0.133. The number of rotatable bonds is 5. The van der Waals surface area contributed by atoms with Crippen LogP contribution in [0, 0.1) is 0 Å². The third-order valence-electron chi connectivity index (χ3n) is 3.47. The molecule has 3 nitrogen and oxygen atoms in total. The lowest BCUT2D eigenvalue weighted by atomic mass is 9.89. The van der Waals surface area contributed by atoms with Crippen LogP contribution in [0.3, 0.4) is 0 Å². The van der Waals surface area contributed by atoms with Crippen molar-refractivity contribution in [3.8, 4) is 5.75 Å². The summed E-state index contributed by atoms with van der Waals surface area (Å²) >= 11 is 0. The van der Waals surface area contributed by atoms with Gasteiger partial charge in [-0.1, -0.05) is 6.07 Å². The third kappa shape index (κ3) is 3.24. The molecule has 1 aliphatic carbocycles. The minimum Gasteiger partial charge on any atom is -0.491 e. The Labute approximate surface area is 109 Å². The molecule has 1 N–H and O–H groups in total. The standard InChI is InChI=1S/C15H22O3/c1-11(8-9-17-2)18-13-7-6-12-4-3-5-15(16)14(12)10-13/h6-7,10-11,15-16H,3-5,8-9H2,1-2H3/t11?,15-/m0/s1. The van der Waals surface area contributed by atoms with Crippen LogP contribution in [0.5, 0.6) is 5.75 Å². The first-order valence-electron chi connectivity index (χ1n) is 6.67. The topological polar surface area (TPSA) is 38.7 Å². The van der Waals surface area contributed by atoms with E-state index in [4.69, 9.17) is 9.47 Å². The monoisotopic (exact) mass is 250 g/mol. The second-order valence-electron chi connectivity index (χ2n) is 4.98. The van der Waals surface area contributed by atoms with Crippen molar-refractivity contribution in [2.24, 2.45) is 0 Å². The SMILES string of the molecule is COCCC(C)Oc1ccc2c(c1)[C@@H](O)CCC2. The van der Waals surface area contributed by atoms with Gasteiger partial charge in [0.2, 0.25) is 0 Å². The largest absolute Gasteiger partial charge is 0.491 e. The van der Waals surface area contributed by atoms with Crippen LogP contribution in [0.4, 0.5) is 0 Å². The maximum absolute atomic E-state index is 9.99. The van der Waals surface area contributed by atoms with Crippen LogP contribution in [0.2, 0.25) is 0 Å². The molecule has 0 aliphatic heterocycles. The molecule has 1 unspecified atom stereocenters. The lowest BCUT2D eigenvalue weighted by Gasteiger charge is -2.23. The van der Waals surface area contributed by atoms with Crippen molar-refractivity contribution in [3.05, 3.63) is 29.3 Å². The summed E-state index contributed by atoms with van der Waals surface area (Å²) in [5, 5.41) is 9.99. The molecular weight excluding hydrogens is 228 g/mol. The highest BCUT2D eigenvalue weighted by Gasteiger charge is 2.18. The fourth-order valence-electron chi connectivity index (χ4n) is 2.40. The highest BCUT2D eigenvalue weighted by molar-refractivity contribution is 5.38. The number of aliphatic hydroxyl groups is 1. The fourth-order valence-corrected chi connectivity index (χ4v) is 2.40. The lowest BCUT2D eigenvalue weighted by Crippen LogP contribution is -2.15. The summed E-state index contributed by atoms with van der Waals surface area (Å²) in [7, 11) is 1.70. The van der Waals surface area contributed by atoms with E-state index < -0.39 is 0 Å². The predicted octanol–water partition coefficient (Wildman–Crippen LogP) is 2.86. The van der Waals surface area contributed by atoms with E-state index in [0.717, 1.165) is 37.0 Å². The van der Waals surface area contributed by atoms with Gasteiger partial charge in [-0.15, -0.1) is 0 Å². The van der Waals surface area contributed by atoms with Crippen molar-refractivity contribution in [3.63, 3.8) is 0 Å². The van der Waals surface area contributed by atoms with Crippen LogP contribution in [0.1, 0.15) is 43.4 Å². The molecule has 0 amide bonds. The van der Waals surface area contributed by atoms with Crippen molar-refractivity contribution < 1.29 is 14.6 Å². The smallest absolute Gasteiger partial charge is 0.120 e. The van der Waals surface area contributed by atoms with Crippen molar-refractivity contribution in [2.75, 3.05) is 13.7 Å². The van der Waals surface area contributed by atoms with Crippen molar-refractivity contribution in [1.82, 2.24) is 0 Å². The number of aliphatic hydroxyl groups excluding tert-OH is 1. The van der Waals surface area contributed by atoms with Crippen LogP contribution in [0.25, 0.3) is 0 Å². The van der Waals surface area contributed by atoms with E-state index in [2.05, 4.69) is 6.07 Å². The summed E-state index contributed by atoms with van der Waals surface area (Å²) in [6, 6.07) is 6.07. The maximum atomic E-state index is 9.99. The van der Waals surface area contributed by atoms with Crippen LogP contribution < -0.4 is 4.74 Å². The zero-order valence-corrected chi connectivity index (χ0v) is 11.2. The van der Waals surface area contributed by atoms with Gasteiger partial charge in [-0.2, -0.15) is 0 Å². The molecule has 1 aliphatic rings. The molecule has 18 heavy (non-hydrogen) atoms. The quantitative estimate of drug-likeness (QED) is 0.873. The van der Waals surface area contributed by atoms with Gasteiger partial charge in [0, 0.05) is 20.1 Å². The summed E-state index contributed by atoms with van der Waals surface area (Å²) in [6.07, 6.45) is 3.66. The number of methoxy groups -OCH3 is 1. The van der Waals surface area contributed by atoms with E-state index >= 15 is 0 Å². The van der Waals surface area contributed by atoms with Crippen LogP contribution >= 0.6 is 0 Å². The minimum absolute atomic E-state index is 0.128. The molecule has 0 saturated carbocycles. The first kappa shape index (κ1) is 13.4. The first-order valence-corrected chi connectivity index (χ1v) is 6.67. The van der Waals surface area contributed by atoms with Gasteiger partial charge in [0.25, 0.3) is 0 Å². The van der Waals surface area contributed by atoms with Gasteiger partial charge in [0.1, 0.15) is 5.75 Å². The summed E-state index contributed by atoms with van der Waals surface area (Å²) in [5.74, 6) is 0.846. The Morgan fingerprint density at radius 2 is 2.28 bits per heavy atom. The Morgan fingerprint density at radius 1 is 1.44 bits per heavy atom. The Bertz CT molecular complexity index is 389. The van der Waals surface area contributed by atoms with Gasteiger partial charge in [0.05, 0.1) is 12.2 Å². The molecule has 0 fully saturated rings. The average molecular weight is 250 g/mol. The van der Waals surface area contributed by atoms with Gasteiger partial charge in [-0.25, -0.2) is 0 Å². The number of benzene rings is 1. The fraction of sp³-hybridized carbons (Fsp3) is 0.600. The molecule has 0 radical (unpaired) electrons. The van der Waals surface area contributed by atoms with Crippen molar-refractivity contribution in [1.29, 1.82) is 0 Å². The summed E-state index contributed by atoms with van der Waals surface area (Å²) in [4.78, 5) is 0. The number of ether oxygens (including phenoxy) is 2. The number of hydrogen-bond donors (Lipinski definition) is 1. The Balaban J connectivity index is 2.04. The summed E-state index contributed by atoms with van der Waals surface area (Å²) < 4.78 is 10.9. The van der Waals surface area contributed by atoms with Gasteiger partial charge in [0.15, 0.2) is 0 Å². The Hall–Kier alpha value is -1.06. The molecule has 3 heteroatoms. The predicted molar refractivity (Wildman–Crippen MR) is 70.9 cm³/mol. The van der Waals surface area contributed by atoms with Crippen LogP contribution in [-0.2, 0) is 11.2 Å². The van der Waals surface area contributed by atoms with E-state index in [9.17, 15) is 5.11 Å². The van der Waals surface area contributed by atoms with Crippen LogP contribution in [-0.4, -0.2) is 24.9 Å². The highest BCUT2D eigenvalue weighted by atomic mass is 16.5. The van der Waals surface area contributed by atoms with E-state index in [1.807, 2.05) is 19.1 Å². The molecule has 2 atom stereocenters. The zero-order chi connectivity index (χ0) is 13.0. The normalized spacial score (nSPS) is 20.3. The summed E-state index contributed by atoms with van der Waals surface area (Å²) in [6.45, 7) is 2.74. The van der Waals surface area contributed by atoms with Gasteiger partial charge < -0.3 is 14.6 Å². The van der Waals surface area contributed by atoms with Crippen LogP contribution in [0.15, 0.2) is 18.2 Å². The minimum atomic E-state index is -0.327. The van der Waals surface area contributed by atoms with Gasteiger partial charge in [-0.3, -0.25) is 0 Å². The van der Waals surface area contributed by atoms with E-state index in [-0.39, 0.29) is 12.2 Å². The molecule has 1 aromatic carbocycles. The highest BCUT2D eigenvalue weighted by Crippen LogP contribution is 2.32. The first-order chi connectivity index (χ1) is 8.70. The molecule has 1 aromatic rings. The van der Waals surface area contributed by atoms with E-state index in [0.29, 0.717) is 6.61 Å². The third-order valence-corrected chi connectivity index (χ3v) is 3.47. The van der Waals surface area contributed by atoms with E-state index in [1.54, 1.807) is 7.11 Å². The van der Waals surface area contributed by atoms with Gasteiger partial charge >= 0.3 is 0 Å². The molecular formula is C15H22O3. The molecule has 0 saturated heterocycles. The molecule has 0 bridgehead atoms. The second kappa shape index (κ2) is 6.21. The number of hydrogen-bond acceptors (Lipinski definition) is 3. The second-order valence-corrected chi connectivity index (χ2v) is 4.98. The Morgan fingerprint density at radius 3 is 3.06 bits per heavy atom. The average Bonchev–Trinajstić information content (AvgIpc) is 2.37. The molecule has 100 valence electrons. The van der Waals surface area contributed by atoms with E-state index in [1.165, 1.54) is 5.56 Å². The molecule has 0 spiro atoms. The number of aryl methyl sites for hydroxylation is 1. The summed E-state index contributed by atoms with van der Waals surface area (Å²) in [5.41, 5.74) is 2.29. The zero-order valence-electron chi connectivity index (χ0n) is 11.2. The Kier molecular flexibility index (Phi) is 4.61. The molecule has 2 rings (SSSR count). The maximum Gasteiger partial charge on any atom is 0.120 e. The van der Waals surface area contributed by atoms with Crippen molar-refractivity contribution >= 4 is 0 Å². The number of fused-ring (bicyclic) bond motifs is 1. The molecule has 0 heterocycles.